The Labute approximate surface area is 115 Å². The van der Waals surface area contributed by atoms with Crippen molar-refractivity contribution in [3.8, 4) is 0 Å². The summed E-state index contributed by atoms with van der Waals surface area (Å²) in [6.45, 7) is 2.05. The molecule has 2 aromatic rings. The summed E-state index contributed by atoms with van der Waals surface area (Å²) < 4.78 is 5.36. The van der Waals surface area contributed by atoms with Crippen molar-refractivity contribution in [2.24, 2.45) is 0 Å². The van der Waals surface area contributed by atoms with Crippen LogP contribution in [0.2, 0.25) is 0 Å². The second kappa shape index (κ2) is 6.38. The first-order valence-corrected chi connectivity index (χ1v) is 6.84. The van der Waals surface area contributed by atoms with Crippen LogP contribution in [0.1, 0.15) is 17.0 Å². The third-order valence-electron chi connectivity index (χ3n) is 2.48. The van der Waals surface area contributed by atoms with Crippen LogP contribution in [0, 0.1) is 6.92 Å². The lowest BCUT2D eigenvalue weighted by Crippen LogP contribution is -1.97. The number of nitrogens with zero attached hydrogens (tertiary/aromatic N) is 2. The van der Waals surface area contributed by atoms with E-state index in [0.717, 1.165) is 18.2 Å². The van der Waals surface area contributed by atoms with Gasteiger partial charge in [-0.3, -0.25) is 4.79 Å². The number of carboxylic acids is 1. The molecule has 0 aliphatic heterocycles. The average Bonchev–Trinajstić information content (AvgIpc) is 2.82. The van der Waals surface area contributed by atoms with Crippen LogP contribution in [0.25, 0.3) is 0 Å². The Morgan fingerprint density at radius 3 is 2.95 bits per heavy atom. The molecule has 1 N–H and O–H groups in total. The van der Waals surface area contributed by atoms with Gasteiger partial charge in [0.1, 0.15) is 5.75 Å². The highest BCUT2D eigenvalue weighted by Crippen LogP contribution is 2.16. The van der Waals surface area contributed by atoms with E-state index in [2.05, 4.69) is 35.3 Å². The van der Waals surface area contributed by atoms with Gasteiger partial charge in [-0.15, -0.1) is 10.2 Å². The van der Waals surface area contributed by atoms with Gasteiger partial charge in [-0.05, 0) is 18.9 Å². The number of rotatable bonds is 6. The quantitative estimate of drug-likeness (QED) is 0.817. The molecule has 0 aliphatic carbocycles. The molecule has 0 radical (unpaired) electrons. The molecule has 0 saturated carbocycles. The predicted molar refractivity (Wildman–Crippen MR) is 71.2 cm³/mol. The molecule has 1 aromatic carbocycles. The number of aryl methyl sites for hydroxylation is 3. The average molecular weight is 278 g/mol. The topological polar surface area (TPSA) is 76.2 Å². The van der Waals surface area contributed by atoms with E-state index in [1.807, 2.05) is 6.07 Å². The molecule has 6 heteroatoms. The molecule has 0 amide bonds. The monoisotopic (exact) mass is 278 g/mol. The zero-order chi connectivity index (χ0) is 13.7. The Bertz CT molecular complexity index is 569. The zero-order valence-electron chi connectivity index (χ0n) is 10.5. The summed E-state index contributed by atoms with van der Waals surface area (Å²) in [5, 5.41) is 16.6. The SMILES string of the molecule is Cc1cccc(CCc2nnc(SCC(=O)O)o2)c1. The second-order valence-electron chi connectivity index (χ2n) is 4.13. The number of aromatic nitrogens is 2. The fourth-order valence-electron chi connectivity index (χ4n) is 1.64. The lowest BCUT2D eigenvalue weighted by molar-refractivity contribution is -0.133. The lowest BCUT2D eigenvalue weighted by Gasteiger charge is -1.99. The third-order valence-corrected chi connectivity index (χ3v) is 3.28. The van der Waals surface area contributed by atoms with Crippen LogP contribution < -0.4 is 0 Å². The van der Waals surface area contributed by atoms with Crippen LogP contribution in [-0.2, 0) is 17.6 Å². The van der Waals surface area contributed by atoms with E-state index in [0.29, 0.717) is 17.5 Å². The Hall–Kier alpha value is -1.82. The molecular weight excluding hydrogens is 264 g/mol. The fraction of sp³-hybridized carbons (Fsp3) is 0.308. The number of thioether (sulfide) groups is 1. The molecule has 0 fully saturated rings. The summed E-state index contributed by atoms with van der Waals surface area (Å²) >= 11 is 1.03. The van der Waals surface area contributed by atoms with Crippen LogP contribution in [0.15, 0.2) is 33.9 Å². The van der Waals surface area contributed by atoms with Gasteiger partial charge in [0.2, 0.25) is 5.89 Å². The molecule has 0 atom stereocenters. The summed E-state index contributed by atoms with van der Waals surface area (Å²) in [7, 11) is 0. The molecule has 0 unspecified atom stereocenters. The van der Waals surface area contributed by atoms with Crippen molar-refractivity contribution in [1.29, 1.82) is 0 Å². The standard InChI is InChI=1S/C13H14N2O3S/c1-9-3-2-4-10(7-9)5-6-11-14-15-13(18-11)19-8-12(16)17/h2-4,7H,5-6,8H2,1H3,(H,16,17). The first kappa shape index (κ1) is 13.6. The van der Waals surface area contributed by atoms with Crippen molar-refractivity contribution in [2.45, 2.75) is 25.0 Å². The molecule has 1 aromatic heterocycles. The summed E-state index contributed by atoms with van der Waals surface area (Å²) in [4.78, 5) is 10.4. The number of carbonyl (C=O) groups is 1. The van der Waals surface area contributed by atoms with Crippen molar-refractivity contribution in [3.05, 3.63) is 41.3 Å². The maximum atomic E-state index is 10.4. The minimum atomic E-state index is -0.899. The number of benzene rings is 1. The summed E-state index contributed by atoms with van der Waals surface area (Å²) in [5.74, 6) is -0.432. The van der Waals surface area contributed by atoms with Crippen LogP contribution >= 0.6 is 11.8 Å². The van der Waals surface area contributed by atoms with E-state index in [-0.39, 0.29) is 5.75 Å². The Kier molecular flexibility index (Phi) is 4.57. The smallest absolute Gasteiger partial charge is 0.314 e. The van der Waals surface area contributed by atoms with E-state index in [1.54, 1.807) is 0 Å². The second-order valence-corrected chi connectivity index (χ2v) is 5.06. The molecule has 2 rings (SSSR count). The molecule has 19 heavy (non-hydrogen) atoms. The first-order chi connectivity index (χ1) is 9.13. The molecule has 100 valence electrons. The predicted octanol–water partition coefficient (Wildman–Crippen LogP) is 2.34. The van der Waals surface area contributed by atoms with Crippen LogP contribution in [0.3, 0.4) is 0 Å². The fourth-order valence-corrected chi connectivity index (χ4v) is 2.14. The number of hydrogen-bond acceptors (Lipinski definition) is 5. The van der Waals surface area contributed by atoms with Crippen LogP contribution in [-0.4, -0.2) is 27.0 Å². The van der Waals surface area contributed by atoms with E-state index < -0.39 is 5.97 Å². The minimum absolute atomic E-state index is 0.0699. The van der Waals surface area contributed by atoms with Crippen molar-refractivity contribution < 1.29 is 14.3 Å². The summed E-state index contributed by atoms with van der Waals surface area (Å²) in [6.07, 6.45) is 1.48. The Balaban J connectivity index is 1.88. The molecule has 0 bridgehead atoms. The molecule has 1 heterocycles. The molecule has 0 aliphatic rings. The van der Waals surface area contributed by atoms with Crippen molar-refractivity contribution in [2.75, 3.05) is 5.75 Å². The molecule has 0 spiro atoms. The maximum Gasteiger partial charge on any atom is 0.314 e. The van der Waals surface area contributed by atoms with Gasteiger partial charge in [-0.2, -0.15) is 0 Å². The van der Waals surface area contributed by atoms with E-state index >= 15 is 0 Å². The molecule has 5 nitrogen and oxygen atoms in total. The minimum Gasteiger partial charge on any atom is -0.481 e. The normalized spacial score (nSPS) is 10.6. The van der Waals surface area contributed by atoms with Crippen LogP contribution in [0.4, 0.5) is 0 Å². The van der Waals surface area contributed by atoms with E-state index in [4.69, 9.17) is 9.52 Å². The van der Waals surface area contributed by atoms with Gasteiger partial charge in [0.05, 0.1) is 0 Å². The Morgan fingerprint density at radius 1 is 1.37 bits per heavy atom. The van der Waals surface area contributed by atoms with Gasteiger partial charge >= 0.3 is 5.97 Å². The van der Waals surface area contributed by atoms with E-state index in [9.17, 15) is 4.79 Å². The van der Waals surface area contributed by atoms with Gasteiger partial charge in [0.15, 0.2) is 0 Å². The van der Waals surface area contributed by atoms with Gasteiger partial charge in [-0.25, -0.2) is 0 Å². The molecule has 0 saturated heterocycles. The maximum absolute atomic E-state index is 10.4. The van der Waals surface area contributed by atoms with Gasteiger partial charge < -0.3 is 9.52 Å². The van der Waals surface area contributed by atoms with E-state index in [1.165, 1.54) is 11.1 Å². The third kappa shape index (κ3) is 4.40. The Morgan fingerprint density at radius 2 is 2.21 bits per heavy atom. The van der Waals surface area contributed by atoms with Gasteiger partial charge in [0.25, 0.3) is 5.22 Å². The largest absolute Gasteiger partial charge is 0.481 e. The zero-order valence-corrected chi connectivity index (χ0v) is 11.3. The van der Waals surface area contributed by atoms with Crippen LogP contribution in [0.5, 0.6) is 0 Å². The summed E-state index contributed by atoms with van der Waals surface area (Å²) in [5.41, 5.74) is 2.44. The van der Waals surface area contributed by atoms with Gasteiger partial charge in [0, 0.05) is 6.42 Å². The highest BCUT2D eigenvalue weighted by molar-refractivity contribution is 7.99. The lowest BCUT2D eigenvalue weighted by atomic mass is 10.1. The number of aliphatic carboxylic acids is 1. The van der Waals surface area contributed by atoms with Gasteiger partial charge in [-0.1, -0.05) is 41.6 Å². The number of hydrogen-bond donors (Lipinski definition) is 1. The number of carboxylic acid groups (broad SMARTS) is 1. The first-order valence-electron chi connectivity index (χ1n) is 5.86. The highest BCUT2D eigenvalue weighted by Gasteiger charge is 2.08. The highest BCUT2D eigenvalue weighted by atomic mass is 32.2. The summed E-state index contributed by atoms with van der Waals surface area (Å²) in [6, 6.07) is 8.25. The molecular formula is C13H14N2O3S. The van der Waals surface area contributed by atoms with Crippen molar-refractivity contribution in [1.82, 2.24) is 10.2 Å². The van der Waals surface area contributed by atoms with Crippen molar-refractivity contribution >= 4 is 17.7 Å². The van der Waals surface area contributed by atoms with Crippen molar-refractivity contribution in [3.63, 3.8) is 0 Å².